The molecule has 0 fully saturated rings. The van der Waals surface area contributed by atoms with E-state index in [2.05, 4.69) is 15.4 Å². The molecule has 0 saturated carbocycles. The Bertz CT molecular complexity index is 787. The van der Waals surface area contributed by atoms with Gasteiger partial charge in [0.15, 0.2) is 23.1 Å². The van der Waals surface area contributed by atoms with E-state index in [1.165, 1.54) is 31.4 Å². The lowest BCUT2D eigenvalue weighted by atomic mass is 10.1. The molecule has 0 aliphatic carbocycles. The maximum absolute atomic E-state index is 13.3. The van der Waals surface area contributed by atoms with Gasteiger partial charge < -0.3 is 20.1 Å². The zero-order valence-electron chi connectivity index (χ0n) is 13.9. The first kappa shape index (κ1) is 19.4. The average molecular weight is 372 g/mol. The van der Waals surface area contributed by atoms with Gasteiger partial charge in [0.2, 0.25) is 0 Å². The van der Waals surface area contributed by atoms with E-state index < -0.39 is 30.3 Å². The maximum atomic E-state index is 13.3. The van der Waals surface area contributed by atoms with Crippen molar-refractivity contribution in [2.75, 3.05) is 12.4 Å². The van der Waals surface area contributed by atoms with Crippen LogP contribution in [0.5, 0.6) is 11.5 Å². The number of amides is 2. The number of urea groups is 1. The van der Waals surface area contributed by atoms with E-state index in [1.54, 1.807) is 6.92 Å². The first-order chi connectivity index (χ1) is 12.3. The van der Waals surface area contributed by atoms with E-state index in [0.29, 0.717) is 5.56 Å². The quantitative estimate of drug-likeness (QED) is 0.736. The van der Waals surface area contributed by atoms with Crippen molar-refractivity contribution in [2.24, 2.45) is 0 Å². The summed E-state index contributed by atoms with van der Waals surface area (Å²) in [5.74, 6) is -2.18. The van der Waals surface area contributed by atoms with Crippen molar-refractivity contribution in [1.82, 2.24) is 5.32 Å². The summed E-state index contributed by atoms with van der Waals surface area (Å²) < 4.78 is 60.3. The smallest absolute Gasteiger partial charge is 0.387 e. The third-order valence-electron chi connectivity index (χ3n) is 3.43. The van der Waals surface area contributed by atoms with Crippen molar-refractivity contribution in [3.63, 3.8) is 0 Å². The molecule has 0 radical (unpaired) electrons. The third kappa shape index (κ3) is 5.01. The van der Waals surface area contributed by atoms with E-state index >= 15 is 0 Å². The summed E-state index contributed by atoms with van der Waals surface area (Å²) in [5, 5.41) is 4.96. The summed E-state index contributed by atoms with van der Waals surface area (Å²) in [6.07, 6.45) is 0. The lowest BCUT2D eigenvalue weighted by Gasteiger charge is -2.16. The molecule has 0 aliphatic heterocycles. The predicted octanol–water partition coefficient (Wildman–Crippen LogP) is 4.46. The van der Waals surface area contributed by atoms with Gasteiger partial charge in [-0.3, -0.25) is 0 Å². The van der Waals surface area contributed by atoms with Gasteiger partial charge in [0.05, 0.1) is 13.2 Å². The standard InChI is InChI=1S/C17H16F4N2O3/c1-9(10-3-5-12(18)13(19)7-10)22-17(24)23-11-4-6-14(25-2)15(8-11)26-16(20)21/h3-9,16H,1-2H3,(H2,22,23,24). The number of carbonyl (C=O) groups excluding carboxylic acids is 1. The highest BCUT2D eigenvalue weighted by Gasteiger charge is 2.15. The Hall–Kier alpha value is -2.97. The minimum Gasteiger partial charge on any atom is -0.493 e. The highest BCUT2D eigenvalue weighted by molar-refractivity contribution is 5.89. The van der Waals surface area contributed by atoms with E-state index in [1.807, 2.05) is 0 Å². The SMILES string of the molecule is COc1ccc(NC(=O)NC(C)c2ccc(F)c(F)c2)cc1OC(F)F. The van der Waals surface area contributed by atoms with Crippen molar-refractivity contribution in [3.8, 4) is 11.5 Å². The second-order valence-electron chi connectivity index (χ2n) is 5.24. The average Bonchev–Trinajstić information content (AvgIpc) is 2.57. The second-order valence-corrected chi connectivity index (χ2v) is 5.24. The molecule has 0 spiro atoms. The maximum Gasteiger partial charge on any atom is 0.387 e. The first-order valence-electron chi connectivity index (χ1n) is 7.45. The first-order valence-corrected chi connectivity index (χ1v) is 7.45. The van der Waals surface area contributed by atoms with Crippen LogP contribution >= 0.6 is 0 Å². The molecule has 1 unspecified atom stereocenters. The van der Waals surface area contributed by atoms with Crippen LogP contribution in [0.1, 0.15) is 18.5 Å². The van der Waals surface area contributed by atoms with Crippen molar-refractivity contribution in [3.05, 3.63) is 53.6 Å². The zero-order chi connectivity index (χ0) is 19.3. The topological polar surface area (TPSA) is 59.6 Å². The van der Waals surface area contributed by atoms with Gasteiger partial charge in [0.25, 0.3) is 0 Å². The fourth-order valence-electron chi connectivity index (χ4n) is 2.17. The summed E-state index contributed by atoms with van der Waals surface area (Å²) in [7, 11) is 1.29. The van der Waals surface area contributed by atoms with E-state index in [-0.39, 0.29) is 17.2 Å². The molecule has 0 aromatic heterocycles. The Morgan fingerprint density at radius 2 is 1.77 bits per heavy atom. The molecule has 2 N–H and O–H groups in total. The monoisotopic (exact) mass is 372 g/mol. The Morgan fingerprint density at radius 3 is 2.38 bits per heavy atom. The fourth-order valence-corrected chi connectivity index (χ4v) is 2.17. The lowest BCUT2D eigenvalue weighted by Crippen LogP contribution is -2.31. The second kappa shape index (κ2) is 8.41. The molecule has 0 aliphatic rings. The number of hydrogen-bond acceptors (Lipinski definition) is 3. The highest BCUT2D eigenvalue weighted by Crippen LogP contribution is 2.31. The predicted molar refractivity (Wildman–Crippen MR) is 86.6 cm³/mol. The molecule has 2 rings (SSSR count). The summed E-state index contributed by atoms with van der Waals surface area (Å²) in [6, 6.07) is 5.93. The number of carbonyl (C=O) groups is 1. The number of benzene rings is 2. The molecule has 140 valence electrons. The number of nitrogens with one attached hydrogen (secondary N) is 2. The van der Waals surface area contributed by atoms with Crippen LogP contribution in [0.4, 0.5) is 28.0 Å². The Kier molecular flexibility index (Phi) is 6.26. The van der Waals surface area contributed by atoms with Gasteiger partial charge >= 0.3 is 12.6 Å². The lowest BCUT2D eigenvalue weighted by molar-refractivity contribution is -0.0511. The van der Waals surface area contributed by atoms with Crippen molar-refractivity contribution in [1.29, 1.82) is 0 Å². The van der Waals surface area contributed by atoms with E-state index in [0.717, 1.165) is 12.1 Å². The van der Waals surface area contributed by atoms with Crippen molar-refractivity contribution >= 4 is 11.7 Å². The summed E-state index contributed by atoms with van der Waals surface area (Å²) in [5.41, 5.74) is 0.534. The molecule has 5 nitrogen and oxygen atoms in total. The molecule has 2 amide bonds. The van der Waals surface area contributed by atoms with Crippen LogP contribution in [0, 0.1) is 11.6 Å². The van der Waals surface area contributed by atoms with Crippen LogP contribution in [-0.2, 0) is 0 Å². The van der Waals surface area contributed by atoms with Gasteiger partial charge in [-0.1, -0.05) is 6.07 Å². The molecule has 0 bridgehead atoms. The minimum atomic E-state index is -3.05. The number of rotatable bonds is 6. The number of hydrogen-bond donors (Lipinski definition) is 2. The van der Waals surface area contributed by atoms with Gasteiger partial charge in [-0.2, -0.15) is 8.78 Å². The van der Waals surface area contributed by atoms with Crippen LogP contribution in [0.2, 0.25) is 0 Å². The van der Waals surface area contributed by atoms with Gasteiger partial charge in [-0.05, 0) is 36.8 Å². The summed E-state index contributed by atoms with van der Waals surface area (Å²) >= 11 is 0. The Labute approximate surface area is 146 Å². The number of halogens is 4. The molecular formula is C17H16F4N2O3. The molecule has 0 saturated heterocycles. The Balaban J connectivity index is 2.05. The van der Waals surface area contributed by atoms with Gasteiger partial charge in [-0.15, -0.1) is 0 Å². The molecule has 9 heteroatoms. The number of ether oxygens (including phenoxy) is 2. The van der Waals surface area contributed by atoms with E-state index in [9.17, 15) is 22.4 Å². The molecule has 26 heavy (non-hydrogen) atoms. The number of alkyl halides is 2. The van der Waals surface area contributed by atoms with Crippen molar-refractivity contribution < 1.29 is 31.8 Å². The molecule has 0 heterocycles. The number of methoxy groups -OCH3 is 1. The minimum absolute atomic E-state index is 0.0754. The fraction of sp³-hybridized carbons (Fsp3) is 0.235. The Morgan fingerprint density at radius 1 is 1.04 bits per heavy atom. The molecule has 1 atom stereocenters. The molecule has 2 aromatic carbocycles. The van der Waals surface area contributed by atoms with Gasteiger partial charge in [0, 0.05) is 11.8 Å². The summed E-state index contributed by atoms with van der Waals surface area (Å²) in [6.45, 7) is -1.48. The molecular weight excluding hydrogens is 356 g/mol. The number of anilines is 1. The largest absolute Gasteiger partial charge is 0.493 e. The zero-order valence-corrected chi connectivity index (χ0v) is 13.9. The van der Waals surface area contributed by atoms with Gasteiger partial charge in [0.1, 0.15) is 0 Å². The highest BCUT2D eigenvalue weighted by atomic mass is 19.3. The molecule has 2 aromatic rings. The van der Waals surface area contributed by atoms with Crippen LogP contribution in [0.25, 0.3) is 0 Å². The van der Waals surface area contributed by atoms with Crippen LogP contribution < -0.4 is 20.1 Å². The van der Waals surface area contributed by atoms with Crippen LogP contribution in [-0.4, -0.2) is 19.8 Å². The summed E-state index contributed by atoms with van der Waals surface area (Å²) in [4.78, 5) is 12.0. The van der Waals surface area contributed by atoms with E-state index in [4.69, 9.17) is 4.74 Å². The normalized spacial score (nSPS) is 11.8. The third-order valence-corrected chi connectivity index (χ3v) is 3.43. The van der Waals surface area contributed by atoms with Crippen LogP contribution in [0.3, 0.4) is 0 Å². The van der Waals surface area contributed by atoms with Gasteiger partial charge in [-0.25, -0.2) is 13.6 Å². The van der Waals surface area contributed by atoms with Crippen molar-refractivity contribution in [2.45, 2.75) is 19.6 Å². The van der Waals surface area contributed by atoms with Crippen LogP contribution in [0.15, 0.2) is 36.4 Å².